The predicted molar refractivity (Wildman–Crippen MR) is 75.8 cm³/mol. The Labute approximate surface area is 118 Å². The van der Waals surface area contributed by atoms with E-state index in [1.54, 1.807) is 7.11 Å². The summed E-state index contributed by atoms with van der Waals surface area (Å²) in [6, 6.07) is 6.68. The van der Waals surface area contributed by atoms with E-state index >= 15 is 0 Å². The fraction of sp³-hybridized carbons (Fsp3) is 0.467. The Kier molecular flexibility index (Phi) is 6.56. The van der Waals surface area contributed by atoms with Crippen molar-refractivity contribution < 1.29 is 19.4 Å². The van der Waals surface area contributed by atoms with Crippen LogP contribution in [0.2, 0.25) is 0 Å². The third-order valence-corrected chi connectivity index (χ3v) is 3.02. The number of benzene rings is 1. The maximum atomic E-state index is 11.8. The molecule has 0 fully saturated rings. The Hall–Kier alpha value is -2.04. The van der Waals surface area contributed by atoms with E-state index in [2.05, 4.69) is 5.32 Å². The van der Waals surface area contributed by atoms with Crippen LogP contribution in [0.1, 0.15) is 31.7 Å². The molecule has 0 heterocycles. The van der Waals surface area contributed by atoms with E-state index in [1.807, 2.05) is 31.2 Å². The highest BCUT2D eigenvalue weighted by Gasteiger charge is 2.18. The van der Waals surface area contributed by atoms with Crippen molar-refractivity contribution in [3.8, 4) is 5.75 Å². The highest BCUT2D eigenvalue weighted by molar-refractivity contribution is 5.83. The molecule has 0 aliphatic carbocycles. The molecule has 1 aromatic rings. The van der Waals surface area contributed by atoms with Crippen LogP contribution in [0.25, 0.3) is 0 Å². The summed E-state index contributed by atoms with van der Waals surface area (Å²) in [5.41, 5.74) is 0.938. The molecule has 1 rings (SSSR count). The van der Waals surface area contributed by atoms with Gasteiger partial charge in [0.05, 0.1) is 7.11 Å². The summed E-state index contributed by atoms with van der Waals surface area (Å²) < 4.78 is 5.21. The SMILES string of the molecule is CCC[C@@H](NC(=O)CCc1ccccc1OC)C(=O)O. The van der Waals surface area contributed by atoms with Gasteiger partial charge in [-0.05, 0) is 24.5 Å². The summed E-state index contributed by atoms with van der Waals surface area (Å²) >= 11 is 0. The van der Waals surface area contributed by atoms with E-state index in [-0.39, 0.29) is 12.3 Å². The zero-order chi connectivity index (χ0) is 15.0. The normalized spacial score (nSPS) is 11.7. The molecule has 20 heavy (non-hydrogen) atoms. The first-order valence-electron chi connectivity index (χ1n) is 6.72. The number of rotatable bonds is 8. The molecule has 0 unspecified atom stereocenters. The van der Waals surface area contributed by atoms with Gasteiger partial charge < -0.3 is 15.2 Å². The molecule has 1 aromatic carbocycles. The van der Waals surface area contributed by atoms with Gasteiger partial charge in [0.1, 0.15) is 11.8 Å². The van der Waals surface area contributed by atoms with Gasteiger partial charge in [-0.15, -0.1) is 0 Å². The molecule has 0 aliphatic rings. The van der Waals surface area contributed by atoms with Gasteiger partial charge in [0.2, 0.25) is 5.91 Å². The molecular formula is C15H21NO4. The monoisotopic (exact) mass is 279 g/mol. The first-order chi connectivity index (χ1) is 9.58. The first-order valence-corrected chi connectivity index (χ1v) is 6.72. The summed E-state index contributed by atoms with van der Waals surface area (Å²) in [5.74, 6) is -0.502. The minimum Gasteiger partial charge on any atom is -0.496 e. The zero-order valence-electron chi connectivity index (χ0n) is 11.9. The molecule has 0 radical (unpaired) electrons. The van der Waals surface area contributed by atoms with Gasteiger partial charge in [-0.2, -0.15) is 0 Å². The van der Waals surface area contributed by atoms with Crippen LogP contribution in [0.15, 0.2) is 24.3 Å². The summed E-state index contributed by atoms with van der Waals surface area (Å²) in [6.07, 6.45) is 1.92. The summed E-state index contributed by atoms with van der Waals surface area (Å²) in [5, 5.41) is 11.5. The second kappa shape index (κ2) is 8.19. The van der Waals surface area contributed by atoms with Gasteiger partial charge in [-0.1, -0.05) is 31.5 Å². The minimum atomic E-state index is -0.988. The van der Waals surface area contributed by atoms with E-state index in [0.29, 0.717) is 19.3 Å². The average Bonchev–Trinajstić information content (AvgIpc) is 2.44. The Balaban J connectivity index is 2.52. The minimum absolute atomic E-state index is 0.244. The van der Waals surface area contributed by atoms with Crippen LogP contribution in [0.3, 0.4) is 0 Å². The molecule has 5 nitrogen and oxygen atoms in total. The van der Waals surface area contributed by atoms with Crippen LogP contribution in [0, 0.1) is 0 Å². The standard InChI is InChI=1S/C15H21NO4/c1-3-6-12(15(18)19)16-14(17)10-9-11-7-4-5-8-13(11)20-2/h4-5,7-8,12H,3,6,9-10H2,1-2H3,(H,16,17)(H,18,19)/t12-/m1/s1. The molecular weight excluding hydrogens is 258 g/mol. The Morgan fingerprint density at radius 2 is 2.05 bits per heavy atom. The van der Waals surface area contributed by atoms with Crippen LogP contribution in [0.4, 0.5) is 0 Å². The van der Waals surface area contributed by atoms with E-state index in [9.17, 15) is 9.59 Å². The van der Waals surface area contributed by atoms with Crippen molar-refractivity contribution in [1.82, 2.24) is 5.32 Å². The van der Waals surface area contributed by atoms with Gasteiger partial charge in [0, 0.05) is 6.42 Å². The van der Waals surface area contributed by atoms with Gasteiger partial charge in [0.15, 0.2) is 0 Å². The Bertz CT molecular complexity index is 459. The average molecular weight is 279 g/mol. The van der Waals surface area contributed by atoms with Crippen LogP contribution >= 0.6 is 0 Å². The van der Waals surface area contributed by atoms with E-state index in [0.717, 1.165) is 11.3 Å². The topological polar surface area (TPSA) is 75.6 Å². The maximum Gasteiger partial charge on any atom is 0.326 e. The number of nitrogens with one attached hydrogen (secondary N) is 1. The van der Waals surface area contributed by atoms with Gasteiger partial charge >= 0.3 is 5.97 Å². The predicted octanol–water partition coefficient (Wildman–Crippen LogP) is 2.00. The molecule has 110 valence electrons. The third kappa shape index (κ3) is 4.91. The van der Waals surface area contributed by atoms with Gasteiger partial charge in [-0.25, -0.2) is 4.79 Å². The van der Waals surface area contributed by atoms with Crippen molar-refractivity contribution in [2.75, 3.05) is 7.11 Å². The number of hydrogen-bond donors (Lipinski definition) is 2. The van der Waals surface area contributed by atoms with Crippen molar-refractivity contribution in [1.29, 1.82) is 0 Å². The smallest absolute Gasteiger partial charge is 0.326 e. The lowest BCUT2D eigenvalue weighted by Crippen LogP contribution is -2.40. The number of aliphatic carboxylic acids is 1. The van der Waals surface area contributed by atoms with Crippen molar-refractivity contribution in [2.24, 2.45) is 0 Å². The quantitative estimate of drug-likeness (QED) is 0.763. The molecule has 2 N–H and O–H groups in total. The number of carboxylic acid groups (broad SMARTS) is 1. The largest absolute Gasteiger partial charge is 0.496 e. The molecule has 0 bridgehead atoms. The highest BCUT2D eigenvalue weighted by atomic mass is 16.5. The van der Waals surface area contributed by atoms with E-state index in [1.165, 1.54) is 0 Å². The molecule has 0 aliphatic heterocycles. The van der Waals surface area contributed by atoms with Crippen molar-refractivity contribution in [3.05, 3.63) is 29.8 Å². The van der Waals surface area contributed by atoms with Gasteiger partial charge in [0.25, 0.3) is 0 Å². The number of hydrogen-bond acceptors (Lipinski definition) is 3. The lowest BCUT2D eigenvalue weighted by Gasteiger charge is -2.14. The van der Waals surface area contributed by atoms with Crippen LogP contribution in [0.5, 0.6) is 5.75 Å². The summed E-state index contributed by atoms with van der Waals surface area (Å²) in [4.78, 5) is 22.8. The summed E-state index contributed by atoms with van der Waals surface area (Å²) in [7, 11) is 1.58. The molecule has 0 spiro atoms. The maximum absolute atomic E-state index is 11.8. The molecule has 5 heteroatoms. The molecule has 0 saturated carbocycles. The molecule has 0 saturated heterocycles. The Morgan fingerprint density at radius 1 is 1.35 bits per heavy atom. The van der Waals surface area contributed by atoms with Crippen molar-refractivity contribution in [2.45, 2.75) is 38.6 Å². The number of carboxylic acids is 1. The number of aryl methyl sites for hydroxylation is 1. The van der Waals surface area contributed by atoms with E-state index in [4.69, 9.17) is 9.84 Å². The summed E-state index contributed by atoms with van der Waals surface area (Å²) in [6.45, 7) is 1.89. The van der Waals surface area contributed by atoms with Crippen LogP contribution in [-0.2, 0) is 16.0 Å². The fourth-order valence-electron chi connectivity index (χ4n) is 1.97. The molecule has 1 atom stereocenters. The number of amides is 1. The lowest BCUT2D eigenvalue weighted by atomic mass is 10.1. The lowest BCUT2D eigenvalue weighted by molar-refractivity contribution is -0.142. The second-order valence-electron chi connectivity index (χ2n) is 4.56. The number of para-hydroxylation sites is 1. The van der Waals surface area contributed by atoms with Crippen LogP contribution in [-0.4, -0.2) is 30.1 Å². The molecule has 0 aromatic heterocycles. The first kappa shape index (κ1) is 16.0. The van der Waals surface area contributed by atoms with E-state index < -0.39 is 12.0 Å². The molecule has 1 amide bonds. The van der Waals surface area contributed by atoms with Gasteiger partial charge in [-0.3, -0.25) is 4.79 Å². The van der Waals surface area contributed by atoms with Crippen molar-refractivity contribution in [3.63, 3.8) is 0 Å². The fourth-order valence-corrected chi connectivity index (χ4v) is 1.97. The number of ether oxygens (including phenoxy) is 1. The van der Waals surface area contributed by atoms with Crippen LogP contribution < -0.4 is 10.1 Å². The third-order valence-electron chi connectivity index (χ3n) is 3.02. The zero-order valence-corrected chi connectivity index (χ0v) is 11.9. The number of methoxy groups -OCH3 is 1. The second-order valence-corrected chi connectivity index (χ2v) is 4.56. The van der Waals surface area contributed by atoms with Crippen molar-refractivity contribution >= 4 is 11.9 Å². The Morgan fingerprint density at radius 3 is 2.65 bits per heavy atom. The highest BCUT2D eigenvalue weighted by Crippen LogP contribution is 2.18. The number of carbonyl (C=O) groups is 2. The number of carbonyl (C=O) groups excluding carboxylic acids is 1.